The topological polar surface area (TPSA) is 93.0 Å². The summed E-state index contributed by atoms with van der Waals surface area (Å²) in [6, 6.07) is 15.4. The Balaban J connectivity index is 2.03. The molecule has 0 bridgehead atoms. The van der Waals surface area contributed by atoms with Gasteiger partial charge in [-0.15, -0.1) is 0 Å². The summed E-state index contributed by atoms with van der Waals surface area (Å²) in [5, 5.41) is 11.0. The zero-order valence-electron chi connectivity index (χ0n) is 17.6. The van der Waals surface area contributed by atoms with E-state index in [1.807, 2.05) is 42.2 Å². The molecule has 0 radical (unpaired) electrons. The molecule has 8 heteroatoms. The van der Waals surface area contributed by atoms with Crippen molar-refractivity contribution < 1.29 is 19.2 Å². The number of carbonyl (C=O) groups excluding carboxylic acids is 2. The minimum absolute atomic E-state index is 0.0729. The first-order chi connectivity index (χ1) is 15.0. The molecule has 0 N–H and O–H groups in total. The van der Waals surface area contributed by atoms with E-state index in [0.29, 0.717) is 37.4 Å². The van der Waals surface area contributed by atoms with Gasteiger partial charge in [0.25, 0.3) is 17.5 Å². The molecule has 0 fully saturated rings. The predicted octanol–water partition coefficient (Wildman–Crippen LogP) is 3.23. The Kier molecular flexibility index (Phi) is 7.15. The number of ether oxygens (including phenoxy) is 1. The summed E-state index contributed by atoms with van der Waals surface area (Å²) in [7, 11) is 1.57. The maximum atomic E-state index is 13.3. The summed E-state index contributed by atoms with van der Waals surface area (Å²) >= 11 is 0. The Bertz CT molecular complexity index is 986. The molecule has 0 spiro atoms. The molecule has 1 aliphatic heterocycles. The summed E-state index contributed by atoms with van der Waals surface area (Å²) in [5.41, 5.74) is 2.02. The number of hydrogen-bond donors (Lipinski definition) is 0. The molecule has 0 saturated carbocycles. The third kappa shape index (κ3) is 4.80. The van der Waals surface area contributed by atoms with E-state index in [0.717, 1.165) is 5.56 Å². The number of hydrogen-bond acceptors (Lipinski definition) is 6. The van der Waals surface area contributed by atoms with Crippen LogP contribution in [0.25, 0.3) is 5.57 Å². The summed E-state index contributed by atoms with van der Waals surface area (Å²) in [5.74, 6) is -0.747. The minimum atomic E-state index is -0.495. The van der Waals surface area contributed by atoms with Gasteiger partial charge in [0.2, 0.25) is 0 Å². The van der Waals surface area contributed by atoms with Crippen LogP contribution in [0.4, 0.5) is 5.69 Å². The first-order valence-electron chi connectivity index (χ1n) is 10.1. The van der Waals surface area contributed by atoms with Crippen LogP contribution in [-0.2, 0) is 20.9 Å². The first kappa shape index (κ1) is 22.2. The largest absolute Gasteiger partial charge is 0.385 e. The smallest absolute Gasteiger partial charge is 0.277 e. The zero-order valence-corrected chi connectivity index (χ0v) is 17.6. The molecule has 3 rings (SSSR count). The highest BCUT2D eigenvalue weighted by Crippen LogP contribution is 2.33. The highest BCUT2D eigenvalue weighted by atomic mass is 16.6. The van der Waals surface area contributed by atoms with Crippen molar-refractivity contribution >= 4 is 23.1 Å². The van der Waals surface area contributed by atoms with Crippen LogP contribution < -0.4 is 0 Å². The van der Waals surface area contributed by atoms with Gasteiger partial charge in [0.05, 0.1) is 10.5 Å². The van der Waals surface area contributed by atoms with Gasteiger partial charge in [-0.3, -0.25) is 24.6 Å². The monoisotopic (exact) mass is 423 g/mol. The fraction of sp³-hybridized carbons (Fsp3) is 0.304. The van der Waals surface area contributed by atoms with Gasteiger partial charge in [-0.1, -0.05) is 30.3 Å². The van der Waals surface area contributed by atoms with Gasteiger partial charge in [-0.25, -0.2) is 0 Å². The van der Waals surface area contributed by atoms with E-state index >= 15 is 0 Å². The number of rotatable bonds is 10. The van der Waals surface area contributed by atoms with E-state index in [-0.39, 0.29) is 23.7 Å². The van der Waals surface area contributed by atoms with Crippen LogP contribution in [0.15, 0.2) is 60.3 Å². The van der Waals surface area contributed by atoms with Crippen molar-refractivity contribution in [2.75, 3.05) is 26.8 Å². The van der Waals surface area contributed by atoms with Gasteiger partial charge >= 0.3 is 0 Å². The van der Waals surface area contributed by atoms with Crippen LogP contribution in [0.1, 0.15) is 24.5 Å². The van der Waals surface area contributed by atoms with E-state index in [1.54, 1.807) is 7.11 Å². The number of amides is 2. The second kappa shape index (κ2) is 9.99. The predicted molar refractivity (Wildman–Crippen MR) is 116 cm³/mol. The minimum Gasteiger partial charge on any atom is -0.385 e. The number of imide groups is 1. The standard InChI is InChI=1S/C23H25N3O5/c1-3-24(16-17-8-5-4-6-9-17)21-20(18-10-12-19(13-11-18)26(29)30)22(27)25(23(21)28)14-7-15-31-2/h4-6,8-13H,3,7,14-16H2,1-2H3. The molecular weight excluding hydrogens is 398 g/mol. The quantitative estimate of drug-likeness (QED) is 0.252. The van der Waals surface area contributed by atoms with Gasteiger partial charge in [0.1, 0.15) is 5.70 Å². The number of non-ortho nitro benzene ring substituents is 1. The number of benzene rings is 2. The summed E-state index contributed by atoms with van der Waals surface area (Å²) in [6.45, 7) is 3.59. The molecule has 0 atom stereocenters. The van der Waals surface area contributed by atoms with Gasteiger partial charge in [-0.05, 0) is 36.6 Å². The third-order valence-corrected chi connectivity index (χ3v) is 5.15. The maximum Gasteiger partial charge on any atom is 0.277 e. The molecule has 162 valence electrons. The highest BCUT2D eigenvalue weighted by Gasteiger charge is 2.41. The number of nitrogens with zero attached hydrogens (tertiary/aromatic N) is 3. The molecule has 0 aliphatic carbocycles. The number of nitro groups is 1. The summed E-state index contributed by atoms with van der Waals surface area (Å²) in [6.07, 6.45) is 0.527. The van der Waals surface area contributed by atoms with Crippen LogP contribution in [-0.4, -0.2) is 53.3 Å². The number of nitro benzene ring substituents is 1. The van der Waals surface area contributed by atoms with Crippen molar-refractivity contribution in [2.45, 2.75) is 19.9 Å². The lowest BCUT2D eigenvalue weighted by atomic mass is 10.0. The average Bonchev–Trinajstić information content (AvgIpc) is 3.03. The van der Waals surface area contributed by atoms with Crippen LogP contribution >= 0.6 is 0 Å². The average molecular weight is 423 g/mol. The molecule has 2 aromatic rings. The summed E-state index contributed by atoms with van der Waals surface area (Å²) in [4.78, 5) is 40.2. The summed E-state index contributed by atoms with van der Waals surface area (Å²) < 4.78 is 5.06. The lowest BCUT2D eigenvalue weighted by molar-refractivity contribution is -0.384. The molecule has 0 unspecified atom stereocenters. The molecule has 2 amide bonds. The number of methoxy groups -OCH3 is 1. The van der Waals surface area contributed by atoms with E-state index in [2.05, 4.69) is 0 Å². The molecule has 31 heavy (non-hydrogen) atoms. The Morgan fingerprint density at radius 1 is 1.03 bits per heavy atom. The van der Waals surface area contributed by atoms with Crippen molar-refractivity contribution in [1.82, 2.24) is 9.80 Å². The highest BCUT2D eigenvalue weighted by molar-refractivity contribution is 6.35. The van der Waals surface area contributed by atoms with Crippen LogP contribution in [0.2, 0.25) is 0 Å². The van der Waals surface area contributed by atoms with Crippen molar-refractivity contribution in [3.63, 3.8) is 0 Å². The molecule has 8 nitrogen and oxygen atoms in total. The number of likely N-dealkylation sites (N-methyl/N-ethyl adjacent to an activating group) is 1. The van der Waals surface area contributed by atoms with Crippen LogP contribution in [0.3, 0.4) is 0 Å². The van der Waals surface area contributed by atoms with Gasteiger partial charge in [-0.2, -0.15) is 0 Å². The maximum absolute atomic E-state index is 13.3. The third-order valence-electron chi connectivity index (χ3n) is 5.15. The SMILES string of the molecule is CCN(Cc1ccccc1)C1=C(c2ccc([N+](=O)[O-])cc2)C(=O)N(CCCOC)C1=O. The van der Waals surface area contributed by atoms with Gasteiger partial charge in [0.15, 0.2) is 0 Å². The van der Waals surface area contributed by atoms with Crippen molar-refractivity contribution in [3.05, 3.63) is 81.5 Å². The van der Waals surface area contributed by atoms with E-state index < -0.39 is 10.8 Å². The van der Waals surface area contributed by atoms with Crippen LogP contribution in [0, 0.1) is 10.1 Å². The van der Waals surface area contributed by atoms with E-state index in [1.165, 1.54) is 29.2 Å². The van der Waals surface area contributed by atoms with Crippen LogP contribution in [0.5, 0.6) is 0 Å². The molecule has 0 saturated heterocycles. The van der Waals surface area contributed by atoms with E-state index in [9.17, 15) is 19.7 Å². The van der Waals surface area contributed by atoms with Crippen molar-refractivity contribution in [3.8, 4) is 0 Å². The Morgan fingerprint density at radius 2 is 1.71 bits per heavy atom. The zero-order chi connectivity index (χ0) is 22.4. The van der Waals surface area contributed by atoms with Crippen molar-refractivity contribution in [2.24, 2.45) is 0 Å². The second-order valence-electron chi connectivity index (χ2n) is 7.14. The lowest BCUT2D eigenvalue weighted by Crippen LogP contribution is -2.36. The Hall–Kier alpha value is -3.52. The Labute approximate surface area is 180 Å². The second-order valence-corrected chi connectivity index (χ2v) is 7.14. The fourth-order valence-electron chi connectivity index (χ4n) is 3.59. The molecule has 0 aromatic heterocycles. The van der Waals surface area contributed by atoms with Gasteiger partial charge < -0.3 is 9.64 Å². The molecule has 1 aliphatic rings. The van der Waals surface area contributed by atoms with Crippen molar-refractivity contribution in [1.29, 1.82) is 0 Å². The Morgan fingerprint density at radius 3 is 2.29 bits per heavy atom. The first-order valence-corrected chi connectivity index (χ1v) is 10.1. The fourth-order valence-corrected chi connectivity index (χ4v) is 3.59. The lowest BCUT2D eigenvalue weighted by Gasteiger charge is -2.25. The molecule has 1 heterocycles. The van der Waals surface area contributed by atoms with Gasteiger partial charge in [0, 0.05) is 45.5 Å². The molecule has 2 aromatic carbocycles. The van der Waals surface area contributed by atoms with E-state index in [4.69, 9.17) is 4.74 Å². The number of carbonyl (C=O) groups is 2. The normalized spacial score (nSPS) is 13.8. The molecular formula is C23H25N3O5.